The van der Waals surface area contributed by atoms with Crippen LogP contribution in [0.3, 0.4) is 0 Å². The van der Waals surface area contributed by atoms with Crippen LogP contribution in [0.2, 0.25) is 5.02 Å². The Bertz CT molecular complexity index is 604. The number of hydrogen-bond acceptors (Lipinski definition) is 4. The zero-order valence-corrected chi connectivity index (χ0v) is 13.5. The first-order valence-electron chi connectivity index (χ1n) is 7.06. The maximum atomic E-state index is 6.03. The third-order valence-electron chi connectivity index (χ3n) is 3.04. The molecule has 0 aromatic heterocycles. The molecular formula is C17H20ClNO3. The van der Waals surface area contributed by atoms with Gasteiger partial charge in [0.05, 0.1) is 12.1 Å². The topological polar surface area (TPSA) is 39.7 Å². The van der Waals surface area contributed by atoms with Gasteiger partial charge in [0.1, 0.15) is 19.0 Å². The van der Waals surface area contributed by atoms with Gasteiger partial charge in [0.15, 0.2) is 11.5 Å². The molecule has 0 fully saturated rings. The standard InChI is InChI=1S/C17H20ClNO3/c1-19-12-13-7-8-16(20-2)17(11-13)22-10-9-21-15-6-4-3-5-14(15)18/h3-8,11,19H,9-10,12H2,1-2H3. The van der Waals surface area contributed by atoms with Crippen LogP contribution >= 0.6 is 11.6 Å². The summed E-state index contributed by atoms with van der Waals surface area (Å²) in [4.78, 5) is 0. The Balaban J connectivity index is 1.90. The van der Waals surface area contributed by atoms with Crippen LogP contribution in [0.15, 0.2) is 42.5 Å². The fourth-order valence-corrected chi connectivity index (χ4v) is 2.20. The van der Waals surface area contributed by atoms with E-state index in [1.165, 1.54) is 0 Å². The lowest BCUT2D eigenvalue weighted by Crippen LogP contribution is -2.10. The van der Waals surface area contributed by atoms with Gasteiger partial charge in [-0.1, -0.05) is 29.8 Å². The molecule has 0 unspecified atom stereocenters. The number of halogens is 1. The van der Waals surface area contributed by atoms with E-state index in [9.17, 15) is 0 Å². The van der Waals surface area contributed by atoms with Gasteiger partial charge in [-0.25, -0.2) is 0 Å². The Kier molecular flexibility index (Phi) is 6.37. The van der Waals surface area contributed by atoms with Crippen LogP contribution in [-0.2, 0) is 6.54 Å². The molecule has 5 heteroatoms. The van der Waals surface area contributed by atoms with E-state index in [0.29, 0.717) is 35.5 Å². The number of nitrogens with one attached hydrogen (secondary N) is 1. The predicted molar refractivity (Wildman–Crippen MR) is 88.2 cm³/mol. The summed E-state index contributed by atoms with van der Waals surface area (Å²) in [7, 11) is 3.53. The molecule has 2 aromatic rings. The quantitative estimate of drug-likeness (QED) is 0.755. The Morgan fingerprint density at radius 2 is 1.68 bits per heavy atom. The van der Waals surface area contributed by atoms with Gasteiger partial charge in [-0.15, -0.1) is 0 Å². The van der Waals surface area contributed by atoms with E-state index < -0.39 is 0 Å². The smallest absolute Gasteiger partial charge is 0.161 e. The Morgan fingerprint density at radius 1 is 0.955 bits per heavy atom. The van der Waals surface area contributed by atoms with E-state index in [1.807, 2.05) is 43.4 Å². The van der Waals surface area contributed by atoms with Gasteiger partial charge in [-0.3, -0.25) is 0 Å². The van der Waals surface area contributed by atoms with E-state index in [2.05, 4.69) is 5.32 Å². The average molecular weight is 322 g/mol. The van der Waals surface area contributed by atoms with Gasteiger partial charge in [-0.2, -0.15) is 0 Å². The number of benzene rings is 2. The van der Waals surface area contributed by atoms with Crippen LogP contribution in [0, 0.1) is 0 Å². The minimum atomic E-state index is 0.406. The molecule has 2 rings (SSSR count). The molecule has 0 heterocycles. The molecule has 2 aromatic carbocycles. The second-order valence-electron chi connectivity index (χ2n) is 4.64. The molecule has 0 saturated heterocycles. The van der Waals surface area contributed by atoms with Gasteiger partial charge >= 0.3 is 0 Å². The summed E-state index contributed by atoms with van der Waals surface area (Å²) in [6, 6.07) is 13.2. The number of para-hydroxylation sites is 1. The predicted octanol–water partition coefficient (Wildman–Crippen LogP) is 3.53. The number of hydrogen-bond donors (Lipinski definition) is 1. The Morgan fingerprint density at radius 3 is 2.36 bits per heavy atom. The van der Waals surface area contributed by atoms with E-state index >= 15 is 0 Å². The summed E-state index contributed by atoms with van der Waals surface area (Å²) >= 11 is 6.03. The highest BCUT2D eigenvalue weighted by Gasteiger charge is 2.06. The number of methoxy groups -OCH3 is 1. The summed E-state index contributed by atoms with van der Waals surface area (Å²) in [5.41, 5.74) is 1.13. The molecule has 0 spiro atoms. The van der Waals surface area contributed by atoms with Gasteiger partial charge in [0.25, 0.3) is 0 Å². The molecule has 0 radical (unpaired) electrons. The van der Waals surface area contributed by atoms with Gasteiger partial charge in [0.2, 0.25) is 0 Å². The van der Waals surface area contributed by atoms with Crippen LogP contribution in [0.25, 0.3) is 0 Å². The SMILES string of the molecule is CNCc1ccc(OC)c(OCCOc2ccccc2Cl)c1. The first-order chi connectivity index (χ1) is 10.7. The number of ether oxygens (including phenoxy) is 3. The van der Waals surface area contributed by atoms with E-state index in [0.717, 1.165) is 12.1 Å². The molecule has 0 aliphatic rings. The minimum absolute atomic E-state index is 0.406. The maximum absolute atomic E-state index is 6.03. The second-order valence-corrected chi connectivity index (χ2v) is 5.05. The third kappa shape index (κ3) is 4.55. The summed E-state index contributed by atoms with van der Waals surface area (Å²) < 4.78 is 16.7. The van der Waals surface area contributed by atoms with Gasteiger partial charge in [0, 0.05) is 6.54 Å². The molecule has 0 aliphatic carbocycles. The van der Waals surface area contributed by atoms with Crippen LogP contribution in [0.5, 0.6) is 17.2 Å². The van der Waals surface area contributed by atoms with Crippen LogP contribution in [0.1, 0.15) is 5.56 Å². The minimum Gasteiger partial charge on any atom is -0.493 e. The summed E-state index contributed by atoms with van der Waals surface area (Å²) in [5, 5.41) is 3.70. The molecule has 4 nitrogen and oxygen atoms in total. The summed E-state index contributed by atoms with van der Waals surface area (Å²) in [5.74, 6) is 2.07. The molecule has 0 amide bonds. The second kappa shape index (κ2) is 8.51. The van der Waals surface area contributed by atoms with Gasteiger partial charge in [-0.05, 0) is 36.9 Å². The fourth-order valence-electron chi connectivity index (χ4n) is 2.01. The molecular weight excluding hydrogens is 302 g/mol. The lowest BCUT2D eigenvalue weighted by molar-refractivity contribution is 0.211. The van der Waals surface area contributed by atoms with Crippen molar-refractivity contribution in [3.63, 3.8) is 0 Å². The zero-order valence-electron chi connectivity index (χ0n) is 12.8. The van der Waals surface area contributed by atoms with Crippen molar-refractivity contribution < 1.29 is 14.2 Å². The maximum Gasteiger partial charge on any atom is 0.161 e. The van der Waals surface area contributed by atoms with E-state index in [-0.39, 0.29) is 0 Å². The summed E-state index contributed by atoms with van der Waals surface area (Å²) in [6.07, 6.45) is 0. The van der Waals surface area contributed by atoms with Crippen molar-refractivity contribution in [1.82, 2.24) is 5.32 Å². The lowest BCUT2D eigenvalue weighted by Gasteiger charge is -2.13. The Hall–Kier alpha value is -1.91. The Labute approximate surface area is 136 Å². The molecule has 0 atom stereocenters. The zero-order chi connectivity index (χ0) is 15.8. The average Bonchev–Trinajstić information content (AvgIpc) is 2.54. The molecule has 1 N–H and O–H groups in total. The molecule has 0 bridgehead atoms. The summed E-state index contributed by atoms with van der Waals surface area (Å²) in [6.45, 7) is 1.59. The monoisotopic (exact) mass is 321 g/mol. The first kappa shape index (κ1) is 16.5. The molecule has 118 valence electrons. The molecule has 22 heavy (non-hydrogen) atoms. The van der Waals surface area contributed by atoms with Crippen molar-refractivity contribution in [3.8, 4) is 17.2 Å². The third-order valence-corrected chi connectivity index (χ3v) is 3.36. The van der Waals surface area contributed by atoms with Crippen molar-refractivity contribution in [2.75, 3.05) is 27.4 Å². The number of rotatable bonds is 8. The highest BCUT2D eigenvalue weighted by atomic mass is 35.5. The largest absolute Gasteiger partial charge is 0.493 e. The highest BCUT2D eigenvalue weighted by molar-refractivity contribution is 6.32. The van der Waals surface area contributed by atoms with Crippen molar-refractivity contribution in [1.29, 1.82) is 0 Å². The van der Waals surface area contributed by atoms with E-state index in [4.69, 9.17) is 25.8 Å². The fraction of sp³-hybridized carbons (Fsp3) is 0.294. The van der Waals surface area contributed by atoms with Crippen molar-refractivity contribution in [2.24, 2.45) is 0 Å². The van der Waals surface area contributed by atoms with Crippen LogP contribution in [-0.4, -0.2) is 27.4 Å². The molecule has 0 aliphatic heterocycles. The van der Waals surface area contributed by atoms with Crippen molar-refractivity contribution in [2.45, 2.75) is 6.54 Å². The highest BCUT2D eigenvalue weighted by Crippen LogP contribution is 2.28. The normalized spacial score (nSPS) is 10.3. The van der Waals surface area contributed by atoms with Gasteiger partial charge < -0.3 is 19.5 Å². The first-order valence-corrected chi connectivity index (χ1v) is 7.44. The lowest BCUT2D eigenvalue weighted by atomic mass is 10.2. The van der Waals surface area contributed by atoms with Crippen LogP contribution < -0.4 is 19.5 Å². The van der Waals surface area contributed by atoms with Crippen molar-refractivity contribution in [3.05, 3.63) is 53.1 Å². The molecule has 0 saturated carbocycles. The van der Waals surface area contributed by atoms with Crippen LogP contribution in [0.4, 0.5) is 0 Å². The van der Waals surface area contributed by atoms with Crippen molar-refractivity contribution >= 4 is 11.6 Å². The van der Waals surface area contributed by atoms with E-state index in [1.54, 1.807) is 13.2 Å².